The maximum atomic E-state index is 12.0. The van der Waals surface area contributed by atoms with Gasteiger partial charge in [0.2, 0.25) is 5.91 Å². The summed E-state index contributed by atoms with van der Waals surface area (Å²) < 4.78 is 0. The Kier molecular flexibility index (Phi) is 6.46. The SMILES string of the molecule is Cc1nccc(-c2cccc(NC(=O)C(C)C(C)N)c2)n1.Cl. The smallest absolute Gasteiger partial charge is 0.228 e. The van der Waals surface area contributed by atoms with Crippen molar-refractivity contribution in [3.05, 3.63) is 42.4 Å². The van der Waals surface area contributed by atoms with Gasteiger partial charge in [0.25, 0.3) is 0 Å². The number of anilines is 1. The molecule has 0 aliphatic rings. The van der Waals surface area contributed by atoms with Gasteiger partial charge in [0.05, 0.1) is 11.6 Å². The largest absolute Gasteiger partial charge is 0.327 e. The summed E-state index contributed by atoms with van der Waals surface area (Å²) in [6, 6.07) is 9.25. The molecule has 0 fully saturated rings. The Balaban J connectivity index is 0.00000242. The molecule has 6 heteroatoms. The van der Waals surface area contributed by atoms with Gasteiger partial charge in [-0.1, -0.05) is 19.1 Å². The molecule has 3 N–H and O–H groups in total. The van der Waals surface area contributed by atoms with E-state index in [0.29, 0.717) is 5.82 Å². The summed E-state index contributed by atoms with van der Waals surface area (Å²) >= 11 is 0. The molecular formula is C16H21ClN4O. The molecule has 0 bridgehead atoms. The Morgan fingerprint density at radius 1 is 1.27 bits per heavy atom. The number of nitrogens with one attached hydrogen (secondary N) is 1. The molecule has 1 aromatic carbocycles. The van der Waals surface area contributed by atoms with Crippen molar-refractivity contribution >= 4 is 24.0 Å². The van der Waals surface area contributed by atoms with Crippen molar-refractivity contribution in [2.75, 3.05) is 5.32 Å². The Hall–Kier alpha value is -1.98. The molecule has 1 amide bonds. The normalized spacial score (nSPS) is 12.9. The van der Waals surface area contributed by atoms with E-state index in [4.69, 9.17) is 5.73 Å². The van der Waals surface area contributed by atoms with Crippen molar-refractivity contribution in [2.24, 2.45) is 11.7 Å². The van der Waals surface area contributed by atoms with Crippen LogP contribution in [0.3, 0.4) is 0 Å². The molecule has 0 aliphatic heterocycles. The van der Waals surface area contributed by atoms with E-state index in [1.165, 1.54) is 0 Å². The highest BCUT2D eigenvalue weighted by atomic mass is 35.5. The van der Waals surface area contributed by atoms with Crippen LogP contribution in [0.4, 0.5) is 5.69 Å². The van der Waals surface area contributed by atoms with E-state index >= 15 is 0 Å². The van der Waals surface area contributed by atoms with Gasteiger partial charge in [0.1, 0.15) is 5.82 Å². The molecule has 5 nitrogen and oxygen atoms in total. The van der Waals surface area contributed by atoms with Crippen LogP contribution in [0.15, 0.2) is 36.5 Å². The van der Waals surface area contributed by atoms with E-state index in [9.17, 15) is 4.79 Å². The minimum absolute atomic E-state index is 0. The van der Waals surface area contributed by atoms with Crippen LogP contribution in [0.5, 0.6) is 0 Å². The van der Waals surface area contributed by atoms with E-state index in [1.807, 2.05) is 51.1 Å². The number of aryl methyl sites for hydroxylation is 1. The molecule has 2 rings (SSSR count). The highest BCUT2D eigenvalue weighted by molar-refractivity contribution is 5.93. The quantitative estimate of drug-likeness (QED) is 0.907. The second-order valence-electron chi connectivity index (χ2n) is 5.21. The predicted octanol–water partition coefficient (Wildman–Crippen LogP) is 2.80. The summed E-state index contributed by atoms with van der Waals surface area (Å²) in [6.07, 6.45) is 1.72. The number of rotatable bonds is 4. The van der Waals surface area contributed by atoms with E-state index in [1.54, 1.807) is 6.20 Å². The average molecular weight is 321 g/mol. The number of carbonyl (C=O) groups excluding carboxylic acids is 1. The fraction of sp³-hybridized carbons (Fsp3) is 0.312. The summed E-state index contributed by atoms with van der Waals surface area (Å²) in [5.41, 5.74) is 8.26. The summed E-state index contributed by atoms with van der Waals surface area (Å²) in [7, 11) is 0. The highest BCUT2D eigenvalue weighted by Crippen LogP contribution is 2.21. The van der Waals surface area contributed by atoms with Gasteiger partial charge < -0.3 is 11.1 Å². The van der Waals surface area contributed by atoms with Crippen LogP contribution in [0.25, 0.3) is 11.3 Å². The Morgan fingerprint density at radius 3 is 2.64 bits per heavy atom. The summed E-state index contributed by atoms with van der Waals surface area (Å²) in [5.74, 6) is 0.392. The van der Waals surface area contributed by atoms with Gasteiger partial charge in [-0.15, -0.1) is 12.4 Å². The number of hydrogen-bond acceptors (Lipinski definition) is 4. The second-order valence-corrected chi connectivity index (χ2v) is 5.21. The lowest BCUT2D eigenvalue weighted by molar-refractivity contribution is -0.119. The molecule has 0 spiro atoms. The molecule has 2 unspecified atom stereocenters. The Labute approximate surface area is 136 Å². The maximum absolute atomic E-state index is 12.0. The lowest BCUT2D eigenvalue weighted by Gasteiger charge is -2.15. The first-order valence-corrected chi connectivity index (χ1v) is 6.94. The fourth-order valence-corrected chi connectivity index (χ4v) is 1.87. The molecule has 0 aliphatic carbocycles. The fourth-order valence-electron chi connectivity index (χ4n) is 1.87. The molecule has 1 aromatic heterocycles. The zero-order chi connectivity index (χ0) is 15.4. The van der Waals surface area contributed by atoms with Crippen molar-refractivity contribution in [1.82, 2.24) is 9.97 Å². The predicted molar refractivity (Wildman–Crippen MR) is 90.9 cm³/mol. The van der Waals surface area contributed by atoms with Crippen LogP contribution in [0.2, 0.25) is 0 Å². The zero-order valence-corrected chi connectivity index (χ0v) is 13.7. The lowest BCUT2D eigenvalue weighted by atomic mass is 10.0. The summed E-state index contributed by atoms with van der Waals surface area (Å²) in [5, 5.41) is 2.89. The molecule has 2 atom stereocenters. The number of aromatic nitrogens is 2. The number of benzene rings is 1. The number of halogens is 1. The Morgan fingerprint density at radius 2 is 2.00 bits per heavy atom. The lowest BCUT2D eigenvalue weighted by Crippen LogP contribution is -2.34. The van der Waals surface area contributed by atoms with Gasteiger partial charge in [-0.25, -0.2) is 9.97 Å². The molecule has 2 aromatic rings. The topological polar surface area (TPSA) is 80.9 Å². The Bertz CT molecular complexity index is 646. The van der Waals surface area contributed by atoms with Gasteiger partial charge in [-0.3, -0.25) is 4.79 Å². The van der Waals surface area contributed by atoms with Crippen molar-refractivity contribution < 1.29 is 4.79 Å². The van der Waals surface area contributed by atoms with Crippen LogP contribution < -0.4 is 11.1 Å². The number of nitrogens with zero attached hydrogens (tertiary/aromatic N) is 2. The van der Waals surface area contributed by atoms with Gasteiger partial charge >= 0.3 is 0 Å². The molecular weight excluding hydrogens is 300 g/mol. The molecule has 0 saturated heterocycles. The van der Waals surface area contributed by atoms with E-state index in [0.717, 1.165) is 16.9 Å². The molecule has 0 saturated carbocycles. The van der Waals surface area contributed by atoms with E-state index in [2.05, 4.69) is 15.3 Å². The third-order valence-electron chi connectivity index (χ3n) is 3.40. The summed E-state index contributed by atoms with van der Waals surface area (Å²) in [6.45, 7) is 5.49. The van der Waals surface area contributed by atoms with Gasteiger partial charge in [0.15, 0.2) is 0 Å². The monoisotopic (exact) mass is 320 g/mol. The number of hydrogen-bond donors (Lipinski definition) is 2. The number of nitrogens with two attached hydrogens (primary N) is 1. The molecule has 1 heterocycles. The second kappa shape index (κ2) is 7.87. The van der Waals surface area contributed by atoms with Crippen LogP contribution >= 0.6 is 12.4 Å². The minimum atomic E-state index is -0.241. The standard InChI is InChI=1S/C16H20N4O.ClH/c1-10(11(2)17)16(21)20-14-6-4-5-13(9-14)15-7-8-18-12(3)19-15;/h4-11H,17H2,1-3H3,(H,20,21);1H. The van der Waals surface area contributed by atoms with Gasteiger partial charge in [0, 0.05) is 23.5 Å². The van der Waals surface area contributed by atoms with Crippen molar-refractivity contribution in [2.45, 2.75) is 26.8 Å². The molecule has 118 valence electrons. The first-order valence-electron chi connectivity index (χ1n) is 6.94. The first-order chi connectivity index (χ1) is 9.97. The van der Waals surface area contributed by atoms with Gasteiger partial charge in [-0.05, 0) is 32.0 Å². The summed E-state index contributed by atoms with van der Waals surface area (Å²) in [4.78, 5) is 20.5. The third kappa shape index (κ3) is 4.51. The van der Waals surface area contributed by atoms with Crippen molar-refractivity contribution in [3.8, 4) is 11.3 Å². The maximum Gasteiger partial charge on any atom is 0.228 e. The van der Waals surface area contributed by atoms with Crippen molar-refractivity contribution in [1.29, 1.82) is 0 Å². The highest BCUT2D eigenvalue weighted by Gasteiger charge is 2.17. The molecule has 0 radical (unpaired) electrons. The van der Waals surface area contributed by atoms with E-state index in [-0.39, 0.29) is 30.3 Å². The number of amides is 1. The molecule has 22 heavy (non-hydrogen) atoms. The van der Waals surface area contributed by atoms with Crippen LogP contribution in [0.1, 0.15) is 19.7 Å². The minimum Gasteiger partial charge on any atom is -0.327 e. The average Bonchev–Trinajstić information content (AvgIpc) is 2.46. The third-order valence-corrected chi connectivity index (χ3v) is 3.40. The van der Waals surface area contributed by atoms with Gasteiger partial charge in [-0.2, -0.15) is 0 Å². The first kappa shape index (κ1) is 18.1. The van der Waals surface area contributed by atoms with Crippen molar-refractivity contribution in [3.63, 3.8) is 0 Å². The van der Waals surface area contributed by atoms with Crippen LogP contribution in [-0.4, -0.2) is 21.9 Å². The van der Waals surface area contributed by atoms with Crippen LogP contribution in [0, 0.1) is 12.8 Å². The van der Waals surface area contributed by atoms with E-state index < -0.39 is 0 Å². The number of carbonyl (C=O) groups is 1. The van der Waals surface area contributed by atoms with Crippen LogP contribution in [-0.2, 0) is 4.79 Å². The zero-order valence-electron chi connectivity index (χ0n) is 12.9.